The van der Waals surface area contributed by atoms with Crippen LogP contribution < -0.4 is 5.32 Å². The van der Waals surface area contributed by atoms with Crippen LogP contribution >= 0.6 is 0 Å². The molecule has 0 bridgehead atoms. The van der Waals surface area contributed by atoms with Gasteiger partial charge in [0.05, 0.1) is 6.54 Å². The van der Waals surface area contributed by atoms with Crippen molar-refractivity contribution < 1.29 is 4.58 Å². The summed E-state index contributed by atoms with van der Waals surface area (Å²) in [6, 6.07) is 0.750. The van der Waals surface area contributed by atoms with Crippen LogP contribution in [0.4, 0.5) is 0 Å². The van der Waals surface area contributed by atoms with Crippen LogP contribution in [0.1, 0.15) is 26.7 Å². The van der Waals surface area contributed by atoms with Gasteiger partial charge in [-0.1, -0.05) is 6.92 Å². The highest BCUT2D eigenvalue weighted by Gasteiger charge is 2.14. The molecule has 0 saturated carbocycles. The third-order valence-electron chi connectivity index (χ3n) is 2.45. The predicted molar refractivity (Wildman–Crippen MR) is 48.4 cm³/mol. The maximum Gasteiger partial charge on any atom is 0.154 e. The smallest absolute Gasteiger partial charge is 0.154 e. The van der Waals surface area contributed by atoms with Crippen molar-refractivity contribution in [3.63, 3.8) is 0 Å². The number of nitrogens with one attached hydrogen (secondary N) is 1. The van der Waals surface area contributed by atoms with Gasteiger partial charge < -0.3 is 5.32 Å². The standard InChI is InChI=1S/C9H19N2/c1-3-9-5-7-11(4-2)8-6-10-9/h4,9-10H,3,5-8H2,1-2H3/q+1. The lowest BCUT2D eigenvalue weighted by atomic mass is 10.1. The molecular weight excluding hydrogens is 136 g/mol. The highest BCUT2D eigenvalue weighted by Crippen LogP contribution is 2.00. The highest BCUT2D eigenvalue weighted by atomic mass is 15.1. The minimum Gasteiger partial charge on any atom is -0.308 e. The zero-order chi connectivity index (χ0) is 8.10. The molecule has 64 valence electrons. The first-order valence-corrected chi connectivity index (χ1v) is 4.63. The van der Waals surface area contributed by atoms with E-state index < -0.39 is 0 Å². The van der Waals surface area contributed by atoms with Crippen LogP contribution in [-0.4, -0.2) is 36.5 Å². The van der Waals surface area contributed by atoms with Crippen LogP contribution in [0.2, 0.25) is 0 Å². The van der Waals surface area contributed by atoms with Gasteiger partial charge in [0.15, 0.2) is 6.54 Å². The minimum absolute atomic E-state index is 0.750. The van der Waals surface area contributed by atoms with E-state index in [-0.39, 0.29) is 0 Å². The van der Waals surface area contributed by atoms with Crippen molar-refractivity contribution >= 4 is 6.21 Å². The Bertz CT molecular complexity index is 140. The van der Waals surface area contributed by atoms with E-state index in [4.69, 9.17) is 0 Å². The van der Waals surface area contributed by atoms with Crippen molar-refractivity contribution in [1.82, 2.24) is 5.32 Å². The van der Waals surface area contributed by atoms with E-state index in [9.17, 15) is 0 Å². The fraction of sp³-hybridized carbons (Fsp3) is 0.889. The first kappa shape index (κ1) is 8.72. The third kappa shape index (κ3) is 2.62. The molecule has 1 aliphatic heterocycles. The second-order valence-corrected chi connectivity index (χ2v) is 3.14. The quantitative estimate of drug-likeness (QED) is 0.555. The Hall–Kier alpha value is -0.370. The zero-order valence-corrected chi connectivity index (χ0v) is 7.64. The van der Waals surface area contributed by atoms with Crippen molar-refractivity contribution in [3.05, 3.63) is 0 Å². The Kier molecular flexibility index (Phi) is 3.57. The Morgan fingerprint density at radius 3 is 3.00 bits per heavy atom. The summed E-state index contributed by atoms with van der Waals surface area (Å²) in [6.45, 7) is 7.91. The lowest BCUT2D eigenvalue weighted by Crippen LogP contribution is -2.28. The molecule has 11 heavy (non-hydrogen) atoms. The monoisotopic (exact) mass is 155 g/mol. The van der Waals surface area contributed by atoms with E-state index in [1.807, 2.05) is 0 Å². The van der Waals surface area contributed by atoms with Crippen LogP contribution in [0.25, 0.3) is 0 Å². The van der Waals surface area contributed by atoms with Crippen molar-refractivity contribution in [2.24, 2.45) is 0 Å². The number of hydrogen-bond donors (Lipinski definition) is 1. The van der Waals surface area contributed by atoms with E-state index in [0.717, 1.165) is 12.6 Å². The van der Waals surface area contributed by atoms with Gasteiger partial charge in [-0.2, -0.15) is 0 Å². The van der Waals surface area contributed by atoms with Crippen molar-refractivity contribution in [2.75, 3.05) is 19.6 Å². The summed E-state index contributed by atoms with van der Waals surface area (Å²) in [7, 11) is 0. The fourth-order valence-corrected chi connectivity index (χ4v) is 1.55. The van der Waals surface area contributed by atoms with Gasteiger partial charge in [-0.25, -0.2) is 4.58 Å². The third-order valence-corrected chi connectivity index (χ3v) is 2.45. The zero-order valence-electron chi connectivity index (χ0n) is 7.64. The molecular formula is C9H19N2+. The highest BCUT2D eigenvalue weighted by molar-refractivity contribution is 5.46. The molecule has 1 rings (SSSR count). The minimum atomic E-state index is 0.750. The Labute approximate surface area is 69.3 Å². The van der Waals surface area contributed by atoms with Crippen molar-refractivity contribution in [3.8, 4) is 0 Å². The number of nitrogens with zero attached hydrogens (tertiary/aromatic N) is 1. The van der Waals surface area contributed by atoms with Crippen LogP contribution in [0, 0.1) is 0 Å². The SMILES string of the molecule is CC=[N+]1CCNC(CC)CC1. The Morgan fingerprint density at radius 2 is 2.36 bits per heavy atom. The van der Waals surface area contributed by atoms with Gasteiger partial charge in [0.25, 0.3) is 0 Å². The van der Waals surface area contributed by atoms with Crippen molar-refractivity contribution in [1.29, 1.82) is 0 Å². The van der Waals surface area contributed by atoms with Crippen LogP contribution in [0.5, 0.6) is 0 Å². The Balaban J connectivity index is 2.39. The predicted octanol–water partition coefficient (Wildman–Crippen LogP) is 0.861. The van der Waals surface area contributed by atoms with E-state index in [1.165, 1.54) is 25.9 Å². The first-order valence-electron chi connectivity index (χ1n) is 4.63. The molecule has 0 aromatic heterocycles. The maximum atomic E-state index is 3.53. The molecule has 0 spiro atoms. The molecule has 2 nitrogen and oxygen atoms in total. The van der Waals surface area contributed by atoms with Crippen molar-refractivity contribution in [2.45, 2.75) is 32.7 Å². The van der Waals surface area contributed by atoms with Crippen LogP contribution in [0.15, 0.2) is 0 Å². The van der Waals surface area contributed by atoms with E-state index in [0.29, 0.717) is 0 Å². The van der Waals surface area contributed by atoms with E-state index in [1.54, 1.807) is 0 Å². The molecule has 0 aromatic carbocycles. The fourth-order valence-electron chi connectivity index (χ4n) is 1.55. The number of hydrogen-bond acceptors (Lipinski definition) is 1. The van der Waals surface area contributed by atoms with Crippen LogP contribution in [-0.2, 0) is 0 Å². The summed E-state index contributed by atoms with van der Waals surface area (Å²) >= 11 is 0. The van der Waals surface area contributed by atoms with Gasteiger partial charge in [0.1, 0.15) is 12.8 Å². The molecule has 0 aromatic rings. The lowest BCUT2D eigenvalue weighted by molar-refractivity contribution is -0.519. The molecule has 0 aliphatic carbocycles. The molecule has 2 heteroatoms. The number of rotatable bonds is 1. The van der Waals surface area contributed by atoms with Crippen LogP contribution in [0.3, 0.4) is 0 Å². The summed E-state index contributed by atoms with van der Waals surface area (Å²) in [6.07, 6.45) is 4.75. The molecule has 1 aliphatic rings. The van der Waals surface area contributed by atoms with Gasteiger partial charge in [0.2, 0.25) is 0 Å². The molecule has 1 fully saturated rings. The molecule has 1 heterocycles. The van der Waals surface area contributed by atoms with Gasteiger partial charge >= 0.3 is 0 Å². The van der Waals surface area contributed by atoms with E-state index >= 15 is 0 Å². The molecule has 1 saturated heterocycles. The maximum absolute atomic E-state index is 3.53. The summed E-state index contributed by atoms with van der Waals surface area (Å²) in [5.41, 5.74) is 0. The average molecular weight is 155 g/mol. The molecule has 1 atom stereocenters. The lowest BCUT2D eigenvalue weighted by Gasteiger charge is -2.08. The van der Waals surface area contributed by atoms with E-state index in [2.05, 4.69) is 30.0 Å². The summed E-state index contributed by atoms with van der Waals surface area (Å²) < 4.78 is 2.39. The van der Waals surface area contributed by atoms with Gasteiger partial charge in [0, 0.05) is 19.4 Å². The van der Waals surface area contributed by atoms with Gasteiger partial charge in [-0.3, -0.25) is 0 Å². The topological polar surface area (TPSA) is 15.0 Å². The summed E-state index contributed by atoms with van der Waals surface area (Å²) in [5.74, 6) is 0. The van der Waals surface area contributed by atoms with Gasteiger partial charge in [-0.15, -0.1) is 0 Å². The molecule has 1 N–H and O–H groups in total. The second kappa shape index (κ2) is 4.50. The normalized spacial score (nSPS) is 30.4. The van der Waals surface area contributed by atoms with Gasteiger partial charge in [-0.05, 0) is 6.42 Å². The molecule has 0 amide bonds. The summed E-state index contributed by atoms with van der Waals surface area (Å²) in [5, 5.41) is 3.53. The second-order valence-electron chi connectivity index (χ2n) is 3.14. The molecule has 1 unspecified atom stereocenters. The Morgan fingerprint density at radius 1 is 1.55 bits per heavy atom. The largest absolute Gasteiger partial charge is 0.308 e. The summed E-state index contributed by atoms with van der Waals surface area (Å²) in [4.78, 5) is 0. The first-order chi connectivity index (χ1) is 5.36. The molecule has 0 radical (unpaired) electrons. The average Bonchev–Trinajstić information content (AvgIpc) is 2.28.